The molecule has 1 heterocycles. The number of ether oxygens (including phenoxy) is 5. The number of rotatable bonds is 10. The number of aliphatic hydroxyl groups is 2. The van der Waals surface area contributed by atoms with Gasteiger partial charge in [-0.25, -0.2) is 9.59 Å². The molecule has 7 rings (SSSR count). The van der Waals surface area contributed by atoms with E-state index in [0.717, 1.165) is 6.92 Å². The number of nitrogens with one attached hydrogen (secondary N) is 1. The second kappa shape index (κ2) is 16.5. The lowest BCUT2D eigenvalue weighted by molar-refractivity contribution is -0.340. The number of carbonyl (C=O) groups excluding carboxylic acids is 6. The Morgan fingerprint density at radius 2 is 1.39 bits per heavy atom. The summed E-state index contributed by atoms with van der Waals surface area (Å²) in [5.41, 5.74) is -4.65. The molecule has 3 aromatic rings. The number of hydrogen-bond donors (Lipinski definition) is 3. The van der Waals surface area contributed by atoms with Gasteiger partial charge in [0, 0.05) is 31.2 Å². The molecule has 4 aliphatic rings. The van der Waals surface area contributed by atoms with Crippen LogP contribution in [-0.2, 0) is 42.9 Å². The zero-order valence-electron chi connectivity index (χ0n) is 35.8. The van der Waals surface area contributed by atoms with E-state index in [1.165, 1.54) is 13.8 Å². The van der Waals surface area contributed by atoms with Gasteiger partial charge in [0.2, 0.25) is 0 Å². The van der Waals surface area contributed by atoms with Crippen LogP contribution in [0.25, 0.3) is 0 Å². The maximum absolute atomic E-state index is 15.6. The molecule has 2 unspecified atom stereocenters. The average Bonchev–Trinajstić information content (AvgIpc) is 3.24. The van der Waals surface area contributed by atoms with Gasteiger partial charge in [-0.1, -0.05) is 87.5 Å². The molecule has 3 aromatic carbocycles. The van der Waals surface area contributed by atoms with Crippen LogP contribution in [0.4, 0.5) is 0 Å². The van der Waals surface area contributed by atoms with Crippen LogP contribution in [0.2, 0.25) is 0 Å². The van der Waals surface area contributed by atoms with Crippen molar-refractivity contribution in [2.75, 3.05) is 6.61 Å². The van der Waals surface area contributed by atoms with Crippen molar-refractivity contribution in [2.45, 2.75) is 110 Å². The first-order valence-electron chi connectivity index (χ1n) is 20.7. The molecule has 14 heteroatoms. The predicted molar refractivity (Wildman–Crippen MR) is 221 cm³/mol. The van der Waals surface area contributed by atoms with Crippen molar-refractivity contribution in [3.05, 3.63) is 119 Å². The highest BCUT2D eigenvalue weighted by Crippen LogP contribution is 2.67. The maximum Gasteiger partial charge on any atom is 0.338 e. The van der Waals surface area contributed by atoms with Gasteiger partial charge < -0.3 is 39.2 Å². The summed E-state index contributed by atoms with van der Waals surface area (Å²) in [6.07, 6.45) is -8.83. The Labute approximate surface area is 359 Å². The minimum Gasteiger partial charge on any atom is -0.458 e. The molecule has 3 aliphatic carbocycles. The third-order valence-corrected chi connectivity index (χ3v) is 14.1. The molecular weight excluding hydrogens is 799 g/mol. The van der Waals surface area contributed by atoms with Crippen molar-refractivity contribution < 1.29 is 62.7 Å². The Morgan fingerprint density at radius 1 is 0.806 bits per heavy atom. The van der Waals surface area contributed by atoms with Crippen LogP contribution in [0, 0.1) is 22.2 Å². The standard InChI is InChI=1S/C48H53NO13/c1-26-32(60-44(57)37(53)36(29-17-11-8-12-18-29)49-42(55)30-19-13-9-14-20-30)24-46(6)41(61-43(56)31-21-15-10-16-22-31)39-47(7,33(52)23-34-48(39,25-58-34)62-28(3)51)40(54)38(59-27(2)50)35(26)45(46,4)5/h8-22,32-34,36-39,41,52-53H,23-25H2,1-7H3,(H,49,55)/t32?,33-,34+,36-,37+,38+,39?,41-,46-,47+,48-/m0/s1. The topological polar surface area (TPSA) is 201 Å². The second-order valence-electron chi connectivity index (χ2n) is 17.8. The zero-order valence-corrected chi connectivity index (χ0v) is 35.8. The summed E-state index contributed by atoms with van der Waals surface area (Å²) < 4.78 is 31.0. The van der Waals surface area contributed by atoms with E-state index in [1.807, 2.05) is 13.8 Å². The first-order chi connectivity index (χ1) is 29.3. The first kappa shape index (κ1) is 44.4. The van der Waals surface area contributed by atoms with E-state index >= 15 is 4.79 Å². The predicted octanol–water partition coefficient (Wildman–Crippen LogP) is 5.01. The van der Waals surface area contributed by atoms with Gasteiger partial charge in [-0.2, -0.15) is 0 Å². The second-order valence-corrected chi connectivity index (χ2v) is 17.8. The minimum atomic E-state index is -1.95. The molecule has 14 nitrogen and oxygen atoms in total. The summed E-state index contributed by atoms with van der Waals surface area (Å²) in [7, 11) is 0. The molecule has 3 fully saturated rings. The number of fused-ring (bicyclic) bond motifs is 5. The highest BCUT2D eigenvalue weighted by atomic mass is 16.6. The molecule has 2 bridgehead atoms. The van der Waals surface area contributed by atoms with E-state index in [9.17, 15) is 34.2 Å². The number of ketones is 1. The van der Waals surface area contributed by atoms with Crippen molar-refractivity contribution in [2.24, 2.45) is 22.2 Å². The van der Waals surface area contributed by atoms with Crippen molar-refractivity contribution in [1.29, 1.82) is 0 Å². The summed E-state index contributed by atoms with van der Waals surface area (Å²) >= 11 is 0. The van der Waals surface area contributed by atoms with Gasteiger partial charge in [0.25, 0.3) is 5.91 Å². The van der Waals surface area contributed by atoms with Gasteiger partial charge in [-0.05, 0) is 66.7 Å². The molecule has 0 radical (unpaired) electrons. The third-order valence-electron chi connectivity index (χ3n) is 14.1. The first-order valence-corrected chi connectivity index (χ1v) is 20.7. The summed E-state index contributed by atoms with van der Waals surface area (Å²) in [5, 5.41) is 26.7. The summed E-state index contributed by atoms with van der Waals surface area (Å²) in [6.45, 7) is 10.7. The zero-order chi connectivity index (χ0) is 44.9. The highest BCUT2D eigenvalue weighted by Gasteiger charge is 2.77. The SMILES string of the molecule is CC(=O)O[C@H]1C(=O)[C@@]2(C)C([C@H](OC(=O)c3ccccc3)[C@]3(C)CC(OC(=O)[C@H](O)[C@@H](NC(=O)c4ccccc4)c4ccccc4)C(C)=C1C3(C)C)[C@]1(OC(C)=O)CO[C@@H]1C[C@@H]2O. The van der Waals surface area contributed by atoms with E-state index in [2.05, 4.69) is 5.32 Å². The molecule has 1 amide bonds. The summed E-state index contributed by atoms with van der Waals surface area (Å²) in [4.78, 5) is 83.9. The number of esters is 4. The number of amides is 1. The number of benzene rings is 3. The van der Waals surface area contributed by atoms with E-state index in [1.54, 1.807) is 105 Å². The fourth-order valence-electron chi connectivity index (χ4n) is 10.5. The Morgan fingerprint density at radius 3 is 1.94 bits per heavy atom. The number of Topliss-reactive ketones (excluding diaryl/α,β-unsaturated/α-hetero) is 1. The normalized spacial score (nSPS) is 31.9. The fourth-order valence-corrected chi connectivity index (χ4v) is 10.5. The molecule has 0 spiro atoms. The number of aliphatic hydroxyl groups excluding tert-OH is 2. The molecule has 3 N–H and O–H groups in total. The van der Waals surface area contributed by atoms with Crippen LogP contribution < -0.4 is 5.32 Å². The molecular formula is C48H53NO13. The van der Waals surface area contributed by atoms with Crippen molar-refractivity contribution in [1.82, 2.24) is 5.32 Å². The lowest BCUT2D eigenvalue weighted by Gasteiger charge is -2.68. The monoisotopic (exact) mass is 851 g/mol. The lowest BCUT2D eigenvalue weighted by Crippen LogP contribution is -2.80. The molecule has 2 saturated carbocycles. The van der Waals surface area contributed by atoms with Gasteiger partial charge >= 0.3 is 23.9 Å². The quantitative estimate of drug-likeness (QED) is 0.140. The number of carbonyl (C=O) groups is 6. The van der Waals surface area contributed by atoms with Gasteiger partial charge in [-0.15, -0.1) is 0 Å². The van der Waals surface area contributed by atoms with Crippen LogP contribution in [0.15, 0.2) is 102 Å². The molecule has 328 valence electrons. The largest absolute Gasteiger partial charge is 0.458 e. The van der Waals surface area contributed by atoms with Crippen molar-refractivity contribution in [3.8, 4) is 0 Å². The van der Waals surface area contributed by atoms with Crippen LogP contribution in [0.1, 0.15) is 93.6 Å². The summed E-state index contributed by atoms with van der Waals surface area (Å²) in [6, 6.07) is 23.6. The molecule has 0 aromatic heterocycles. The Kier molecular flexibility index (Phi) is 11.8. The van der Waals surface area contributed by atoms with E-state index in [4.69, 9.17) is 23.7 Å². The average molecular weight is 852 g/mol. The van der Waals surface area contributed by atoms with Gasteiger partial charge in [0.1, 0.15) is 18.3 Å². The minimum absolute atomic E-state index is 0.0990. The van der Waals surface area contributed by atoms with E-state index < -0.39 is 106 Å². The Bertz CT molecular complexity index is 2280. The molecule has 11 atom stereocenters. The van der Waals surface area contributed by atoms with Crippen molar-refractivity contribution in [3.63, 3.8) is 0 Å². The summed E-state index contributed by atoms with van der Waals surface area (Å²) in [5.74, 6) is -6.01. The van der Waals surface area contributed by atoms with Crippen LogP contribution in [0.3, 0.4) is 0 Å². The van der Waals surface area contributed by atoms with Gasteiger partial charge in [-0.3, -0.25) is 19.2 Å². The smallest absolute Gasteiger partial charge is 0.338 e. The van der Waals surface area contributed by atoms with Gasteiger partial charge in [0.05, 0.1) is 35.6 Å². The lowest BCUT2D eigenvalue weighted by atomic mass is 9.42. The Hall–Kier alpha value is -5.70. The molecule has 1 saturated heterocycles. The Balaban J connectivity index is 1.39. The van der Waals surface area contributed by atoms with E-state index in [-0.39, 0.29) is 30.6 Å². The fraction of sp³-hybridized carbons (Fsp3) is 0.458. The van der Waals surface area contributed by atoms with Crippen LogP contribution in [-0.4, -0.2) is 94.6 Å². The van der Waals surface area contributed by atoms with Crippen LogP contribution >= 0.6 is 0 Å². The van der Waals surface area contributed by atoms with Crippen molar-refractivity contribution >= 4 is 35.6 Å². The highest BCUT2D eigenvalue weighted by molar-refractivity contribution is 5.96. The number of hydrogen-bond acceptors (Lipinski definition) is 13. The van der Waals surface area contributed by atoms with Gasteiger partial charge in [0.15, 0.2) is 23.6 Å². The van der Waals surface area contributed by atoms with E-state index in [0.29, 0.717) is 16.7 Å². The third kappa shape index (κ3) is 7.31. The van der Waals surface area contributed by atoms with Crippen LogP contribution in [0.5, 0.6) is 0 Å². The molecule has 1 aliphatic heterocycles. The molecule has 62 heavy (non-hydrogen) atoms. The maximum atomic E-state index is 15.6.